The first-order chi connectivity index (χ1) is 11.4. The third-order valence-corrected chi connectivity index (χ3v) is 5.42. The summed E-state index contributed by atoms with van der Waals surface area (Å²) in [5.74, 6) is -0.279. The molecule has 0 atom stereocenters. The summed E-state index contributed by atoms with van der Waals surface area (Å²) in [6.07, 6.45) is 3.30. The van der Waals surface area contributed by atoms with E-state index in [0.29, 0.717) is 20.6 Å². The van der Waals surface area contributed by atoms with Crippen molar-refractivity contribution in [1.82, 2.24) is 4.98 Å². The molecule has 0 saturated carbocycles. The van der Waals surface area contributed by atoms with E-state index in [4.69, 9.17) is 17.4 Å². The van der Waals surface area contributed by atoms with E-state index in [0.717, 1.165) is 0 Å². The van der Waals surface area contributed by atoms with Crippen LogP contribution in [-0.4, -0.2) is 23.6 Å². The van der Waals surface area contributed by atoms with Gasteiger partial charge in [0.15, 0.2) is 4.32 Å². The van der Waals surface area contributed by atoms with Crippen LogP contribution >= 0.6 is 24.0 Å². The van der Waals surface area contributed by atoms with Crippen molar-refractivity contribution in [1.29, 1.82) is 0 Å². The van der Waals surface area contributed by atoms with Crippen LogP contribution in [0, 0.1) is 0 Å². The SMILES string of the molecule is NS(=O)(=O)c1ccc(N2C(=O)/C(=C/c3ccccn3)SC2=S)cc1. The molecular formula is C15H11N3O3S3. The molecule has 0 radical (unpaired) electrons. The molecule has 2 aromatic rings. The zero-order chi connectivity index (χ0) is 17.3. The Bertz CT molecular complexity index is 939. The van der Waals surface area contributed by atoms with Gasteiger partial charge in [0.25, 0.3) is 5.91 Å². The summed E-state index contributed by atoms with van der Waals surface area (Å²) in [7, 11) is -3.78. The molecule has 6 nitrogen and oxygen atoms in total. The number of carbonyl (C=O) groups excluding carboxylic acids is 1. The van der Waals surface area contributed by atoms with Crippen LogP contribution in [0.4, 0.5) is 5.69 Å². The summed E-state index contributed by atoms with van der Waals surface area (Å²) in [5.41, 5.74) is 1.14. The third kappa shape index (κ3) is 3.39. The summed E-state index contributed by atoms with van der Waals surface area (Å²) in [4.78, 5) is 18.5. The monoisotopic (exact) mass is 377 g/mol. The highest BCUT2D eigenvalue weighted by Gasteiger charge is 2.33. The van der Waals surface area contributed by atoms with E-state index >= 15 is 0 Å². The lowest BCUT2D eigenvalue weighted by molar-refractivity contribution is -0.113. The van der Waals surface area contributed by atoms with E-state index in [2.05, 4.69) is 4.98 Å². The fraction of sp³-hybridized carbons (Fsp3) is 0. The molecule has 2 N–H and O–H groups in total. The largest absolute Gasteiger partial charge is 0.270 e. The van der Waals surface area contributed by atoms with Gasteiger partial charge in [-0.1, -0.05) is 30.0 Å². The maximum absolute atomic E-state index is 12.6. The van der Waals surface area contributed by atoms with Crippen LogP contribution in [0.25, 0.3) is 6.08 Å². The molecule has 1 aliphatic rings. The first-order valence-corrected chi connectivity index (χ1v) is 9.45. The lowest BCUT2D eigenvalue weighted by atomic mass is 10.2. The summed E-state index contributed by atoms with van der Waals surface area (Å²) >= 11 is 6.43. The molecule has 1 aromatic heterocycles. The van der Waals surface area contributed by atoms with Crippen molar-refractivity contribution in [2.45, 2.75) is 4.90 Å². The van der Waals surface area contributed by atoms with Gasteiger partial charge in [-0.05, 0) is 42.5 Å². The number of thioether (sulfide) groups is 1. The van der Waals surface area contributed by atoms with Crippen molar-refractivity contribution in [3.05, 3.63) is 59.3 Å². The number of pyridine rings is 1. The highest BCUT2D eigenvalue weighted by Crippen LogP contribution is 2.36. The Balaban J connectivity index is 1.91. The van der Waals surface area contributed by atoms with Gasteiger partial charge in [0.1, 0.15) is 0 Å². The van der Waals surface area contributed by atoms with Crippen molar-refractivity contribution in [3.8, 4) is 0 Å². The second-order valence-corrected chi connectivity index (χ2v) is 8.05. The summed E-state index contributed by atoms with van der Waals surface area (Å²) in [6, 6.07) is 11.1. The minimum Gasteiger partial charge on any atom is -0.268 e. The number of carbonyl (C=O) groups is 1. The molecule has 1 fully saturated rings. The van der Waals surface area contributed by atoms with Crippen LogP contribution in [0.3, 0.4) is 0 Å². The van der Waals surface area contributed by atoms with Gasteiger partial charge < -0.3 is 0 Å². The lowest BCUT2D eigenvalue weighted by Crippen LogP contribution is -2.27. The second-order valence-electron chi connectivity index (χ2n) is 4.81. The smallest absolute Gasteiger partial charge is 0.268 e. The molecule has 1 aromatic carbocycles. The fourth-order valence-electron chi connectivity index (χ4n) is 2.07. The predicted molar refractivity (Wildman–Crippen MR) is 97.7 cm³/mol. The number of nitrogens with two attached hydrogens (primary N) is 1. The number of thiocarbonyl (C=S) groups is 1. The zero-order valence-electron chi connectivity index (χ0n) is 12.1. The molecule has 0 aliphatic carbocycles. The highest BCUT2D eigenvalue weighted by atomic mass is 32.2. The van der Waals surface area contributed by atoms with E-state index in [1.54, 1.807) is 24.4 Å². The van der Waals surface area contributed by atoms with Gasteiger partial charge in [0, 0.05) is 6.20 Å². The van der Waals surface area contributed by atoms with Crippen molar-refractivity contribution in [3.63, 3.8) is 0 Å². The van der Waals surface area contributed by atoms with Crippen LogP contribution in [0.1, 0.15) is 5.69 Å². The summed E-state index contributed by atoms with van der Waals surface area (Å²) in [6.45, 7) is 0. The number of anilines is 1. The van der Waals surface area contributed by atoms with Gasteiger partial charge in [-0.15, -0.1) is 0 Å². The van der Waals surface area contributed by atoms with Crippen molar-refractivity contribution < 1.29 is 13.2 Å². The van der Waals surface area contributed by atoms with Gasteiger partial charge in [-0.2, -0.15) is 0 Å². The summed E-state index contributed by atoms with van der Waals surface area (Å²) < 4.78 is 23.0. The molecule has 2 heterocycles. The van der Waals surface area contributed by atoms with Gasteiger partial charge in [-0.3, -0.25) is 14.7 Å². The minimum absolute atomic E-state index is 0.0271. The Kier molecular flexibility index (Phi) is 4.50. The van der Waals surface area contributed by atoms with Crippen LogP contribution in [0.15, 0.2) is 58.5 Å². The number of hydrogen-bond donors (Lipinski definition) is 1. The summed E-state index contributed by atoms with van der Waals surface area (Å²) in [5, 5.41) is 5.07. The Morgan fingerprint density at radius 1 is 1.17 bits per heavy atom. The van der Waals surface area contributed by atoms with E-state index in [-0.39, 0.29) is 10.8 Å². The number of primary sulfonamides is 1. The van der Waals surface area contributed by atoms with Gasteiger partial charge in [-0.25, -0.2) is 13.6 Å². The Hall–Kier alpha value is -2.07. The molecule has 1 saturated heterocycles. The number of rotatable bonds is 3. The van der Waals surface area contributed by atoms with Crippen molar-refractivity contribution in [2.24, 2.45) is 5.14 Å². The zero-order valence-corrected chi connectivity index (χ0v) is 14.6. The second kappa shape index (κ2) is 6.44. The molecule has 1 amide bonds. The molecule has 122 valence electrons. The topological polar surface area (TPSA) is 93.4 Å². The molecule has 9 heteroatoms. The van der Waals surface area contributed by atoms with E-state index in [9.17, 15) is 13.2 Å². The Labute approximate surface area is 148 Å². The van der Waals surface area contributed by atoms with Crippen LogP contribution in [-0.2, 0) is 14.8 Å². The first kappa shape index (κ1) is 16.8. The lowest BCUT2D eigenvalue weighted by Gasteiger charge is -2.14. The van der Waals surface area contributed by atoms with Gasteiger partial charge in [0.05, 0.1) is 21.2 Å². The van der Waals surface area contributed by atoms with Crippen molar-refractivity contribution in [2.75, 3.05) is 4.90 Å². The van der Waals surface area contributed by atoms with Crippen LogP contribution in [0.5, 0.6) is 0 Å². The maximum atomic E-state index is 12.6. The quantitative estimate of drug-likeness (QED) is 0.651. The number of hydrogen-bond acceptors (Lipinski definition) is 6. The number of sulfonamides is 1. The first-order valence-electron chi connectivity index (χ1n) is 6.68. The predicted octanol–water partition coefficient (Wildman–Crippen LogP) is 2.13. The molecule has 1 aliphatic heterocycles. The van der Waals surface area contributed by atoms with E-state index < -0.39 is 10.0 Å². The number of benzene rings is 1. The normalized spacial score (nSPS) is 16.9. The Morgan fingerprint density at radius 2 is 1.88 bits per heavy atom. The van der Waals surface area contributed by atoms with Crippen LogP contribution in [0.2, 0.25) is 0 Å². The fourth-order valence-corrected chi connectivity index (χ4v) is 3.87. The molecule has 0 unspecified atom stereocenters. The molecule has 0 bridgehead atoms. The highest BCUT2D eigenvalue weighted by molar-refractivity contribution is 8.27. The minimum atomic E-state index is -3.78. The molecule has 3 rings (SSSR count). The number of aromatic nitrogens is 1. The standard InChI is InChI=1S/C15H11N3O3S3/c16-24(20,21)12-6-4-11(5-7-12)18-14(19)13(23-15(18)22)9-10-3-1-2-8-17-10/h1-9H,(H2,16,20,21)/b13-9-. The van der Waals surface area contributed by atoms with Gasteiger partial charge >= 0.3 is 0 Å². The average molecular weight is 377 g/mol. The third-order valence-electron chi connectivity index (χ3n) is 3.18. The van der Waals surface area contributed by atoms with Crippen LogP contribution < -0.4 is 10.0 Å². The maximum Gasteiger partial charge on any atom is 0.270 e. The van der Waals surface area contributed by atoms with Gasteiger partial charge in [0.2, 0.25) is 10.0 Å². The number of nitrogens with zero attached hydrogens (tertiary/aromatic N) is 2. The number of amides is 1. The van der Waals surface area contributed by atoms with E-state index in [1.807, 2.05) is 6.07 Å². The molecule has 0 spiro atoms. The Morgan fingerprint density at radius 3 is 2.46 bits per heavy atom. The average Bonchev–Trinajstić information content (AvgIpc) is 2.82. The van der Waals surface area contributed by atoms with E-state index in [1.165, 1.54) is 40.9 Å². The molecular weight excluding hydrogens is 366 g/mol. The van der Waals surface area contributed by atoms with Crippen molar-refractivity contribution >= 4 is 56.0 Å². The molecule has 24 heavy (non-hydrogen) atoms.